The molecule has 2 N–H and O–H groups in total. The van der Waals surface area contributed by atoms with E-state index in [1.165, 1.54) is 0 Å². The van der Waals surface area contributed by atoms with Gasteiger partial charge in [0.1, 0.15) is 9.84 Å². The zero-order valence-electron chi connectivity index (χ0n) is 9.15. The SMILES string of the molecule is CS(=O)(=O)CCC(=O)NC1CCC(=O)NC1. The van der Waals surface area contributed by atoms with Gasteiger partial charge in [-0.1, -0.05) is 0 Å². The second kappa shape index (κ2) is 5.29. The molecular weight excluding hydrogens is 232 g/mol. The van der Waals surface area contributed by atoms with Crippen molar-refractivity contribution in [3.05, 3.63) is 0 Å². The monoisotopic (exact) mass is 248 g/mol. The molecule has 1 heterocycles. The summed E-state index contributed by atoms with van der Waals surface area (Å²) < 4.78 is 21.7. The normalized spacial score (nSPS) is 21.3. The van der Waals surface area contributed by atoms with E-state index in [9.17, 15) is 18.0 Å². The quantitative estimate of drug-likeness (QED) is 0.654. The second-order valence-corrected chi connectivity index (χ2v) is 6.25. The molecule has 1 rings (SSSR count). The summed E-state index contributed by atoms with van der Waals surface area (Å²) in [5, 5.41) is 5.33. The lowest BCUT2D eigenvalue weighted by Crippen LogP contribution is -2.47. The number of nitrogens with one attached hydrogen (secondary N) is 2. The van der Waals surface area contributed by atoms with Crippen molar-refractivity contribution >= 4 is 21.7 Å². The van der Waals surface area contributed by atoms with Crippen LogP contribution in [0.25, 0.3) is 0 Å². The van der Waals surface area contributed by atoms with Crippen molar-refractivity contribution in [1.82, 2.24) is 10.6 Å². The van der Waals surface area contributed by atoms with Crippen molar-refractivity contribution in [3.8, 4) is 0 Å². The number of sulfone groups is 1. The molecule has 7 heteroatoms. The number of piperidine rings is 1. The lowest BCUT2D eigenvalue weighted by atomic mass is 10.1. The Hall–Kier alpha value is -1.11. The van der Waals surface area contributed by atoms with Crippen LogP contribution in [-0.4, -0.2) is 44.8 Å². The van der Waals surface area contributed by atoms with E-state index in [2.05, 4.69) is 10.6 Å². The van der Waals surface area contributed by atoms with E-state index >= 15 is 0 Å². The number of amides is 2. The van der Waals surface area contributed by atoms with Gasteiger partial charge in [-0.05, 0) is 6.42 Å². The van der Waals surface area contributed by atoms with Gasteiger partial charge in [-0.15, -0.1) is 0 Å². The van der Waals surface area contributed by atoms with Gasteiger partial charge in [0, 0.05) is 31.7 Å². The molecule has 1 aliphatic heterocycles. The lowest BCUT2D eigenvalue weighted by molar-refractivity contribution is -0.125. The predicted molar refractivity (Wildman–Crippen MR) is 58.5 cm³/mol. The highest BCUT2D eigenvalue weighted by Gasteiger charge is 2.19. The molecule has 1 aliphatic rings. The van der Waals surface area contributed by atoms with Crippen LogP contribution < -0.4 is 10.6 Å². The average Bonchev–Trinajstić information content (AvgIpc) is 2.18. The minimum Gasteiger partial charge on any atom is -0.354 e. The van der Waals surface area contributed by atoms with E-state index in [1.54, 1.807) is 0 Å². The molecule has 1 fully saturated rings. The molecule has 0 bridgehead atoms. The molecule has 0 spiro atoms. The Morgan fingerprint density at radius 2 is 2.25 bits per heavy atom. The van der Waals surface area contributed by atoms with Crippen molar-refractivity contribution in [3.63, 3.8) is 0 Å². The zero-order valence-corrected chi connectivity index (χ0v) is 9.97. The number of hydrogen-bond acceptors (Lipinski definition) is 4. The Bertz CT molecular complexity index is 367. The van der Waals surface area contributed by atoms with E-state index in [4.69, 9.17) is 0 Å². The van der Waals surface area contributed by atoms with E-state index in [0.29, 0.717) is 19.4 Å². The number of carbonyl (C=O) groups excluding carboxylic acids is 2. The van der Waals surface area contributed by atoms with Crippen LogP contribution in [-0.2, 0) is 19.4 Å². The van der Waals surface area contributed by atoms with E-state index < -0.39 is 9.84 Å². The highest BCUT2D eigenvalue weighted by molar-refractivity contribution is 7.90. The van der Waals surface area contributed by atoms with Gasteiger partial charge in [0.15, 0.2) is 0 Å². The molecule has 0 radical (unpaired) electrons. The highest BCUT2D eigenvalue weighted by atomic mass is 32.2. The summed E-state index contributed by atoms with van der Waals surface area (Å²) >= 11 is 0. The van der Waals surface area contributed by atoms with Crippen molar-refractivity contribution in [2.24, 2.45) is 0 Å². The summed E-state index contributed by atoms with van der Waals surface area (Å²) in [5.41, 5.74) is 0. The summed E-state index contributed by atoms with van der Waals surface area (Å²) in [6.07, 6.45) is 2.08. The smallest absolute Gasteiger partial charge is 0.221 e. The third kappa shape index (κ3) is 5.11. The molecular formula is C9H16N2O4S. The second-order valence-electron chi connectivity index (χ2n) is 3.99. The largest absolute Gasteiger partial charge is 0.354 e. The van der Waals surface area contributed by atoms with Crippen LogP contribution in [0.4, 0.5) is 0 Å². The summed E-state index contributed by atoms with van der Waals surface area (Å²) in [7, 11) is -3.10. The van der Waals surface area contributed by atoms with E-state index in [0.717, 1.165) is 6.26 Å². The van der Waals surface area contributed by atoms with Gasteiger partial charge >= 0.3 is 0 Å². The van der Waals surface area contributed by atoms with Crippen molar-refractivity contribution < 1.29 is 18.0 Å². The molecule has 0 aromatic heterocycles. The van der Waals surface area contributed by atoms with Gasteiger partial charge in [0.2, 0.25) is 11.8 Å². The summed E-state index contributed by atoms with van der Waals surface area (Å²) in [4.78, 5) is 22.2. The zero-order chi connectivity index (χ0) is 12.2. The van der Waals surface area contributed by atoms with Gasteiger partial charge in [-0.3, -0.25) is 9.59 Å². The van der Waals surface area contributed by atoms with Crippen LogP contribution in [0.3, 0.4) is 0 Å². The Morgan fingerprint density at radius 1 is 1.56 bits per heavy atom. The molecule has 2 amide bonds. The molecule has 0 saturated carbocycles. The molecule has 1 unspecified atom stereocenters. The first-order chi connectivity index (χ1) is 7.37. The average molecular weight is 248 g/mol. The van der Waals surface area contributed by atoms with Gasteiger partial charge in [0.05, 0.1) is 5.75 Å². The van der Waals surface area contributed by atoms with Gasteiger partial charge < -0.3 is 10.6 Å². The lowest BCUT2D eigenvalue weighted by Gasteiger charge is -2.23. The van der Waals surface area contributed by atoms with Crippen LogP contribution in [0.5, 0.6) is 0 Å². The fraction of sp³-hybridized carbons (Fsp3) is 0.778. The topological polar surface area (TPSA) is 92.3 Å². The Labute approximate surface area is 94.7 Å². The highest BCUT2D eigenvalue weighted by Crippen LogP contribution is 2.03. The van der Waals surface area contributed by atoms with Gasteiger partial charge in [-0.25, -0.2) is 8.42 Å². The third-order valence-corrected chi connectivity index (χ3v) is 3.28. The van der Waals surface area contributed by atoms with Crippen LogP contribution in [0.2, 0.25) is 0 Å². The number of carbonyl (C=O) groups is 2. The molecule has 1 saturated heterocycles. The van der Waals surface area contributed by atoms with Crippen molar-refractivity contribution in [1.29, 1.82) is 0 Å². The van der Waals surface area contributed by atoms with Crippen LogP contribution in [0.1, 0.15) is 19.3 Å². The van der Waals surface area contributed by atoms with Crippen molar-refractivity contribution in [2.75, 3.05) is 18.6 Å². The maximum atomic E-state index is 11.4. The molecule has 0 aromatic rings. The molecule has 92 valence electrons. The van der Waals surface area contributed by atoms with E-state index in [-0.39, 0.29) is 30.0 Å². The molecule has 1 atom stereocenters. The minimum atomic E-state index is -3.10. The predicted octanol–water partition coefficient (Wildman–Crippen LogP) is -1.18. The molecule has 0 aromatic carbocycles. The fourth-order valence-corrected chi connectivity index (χ4v) is 1.99. The van der Waals surface area contributed by atoms with Gasteiger partial charge in [0.25, 0.3) is 0 Å². The maximum absolute atomic E-state index is 11.4. The first kappa shape index (κ1) is 13.0. The first-order valence-electron chi connectivity index (χ1n) is 5.10. The summed E-state index contributed by atoms with van der Waals surface area (Å²) in [6, 6.07) is -0.0789. The standard InChI is InChI=1S/C9H16N2O4S/c1-16(14,15)5-4-9(13)11-7-2-3-8(12)10-6-7/h7H,2-6H2,1H3,(H,10,12)(H,11,13). The first-order valence-corrected chi connectivity index (χ1v) is 7.16. The Morgan fingerprint density at radius 3 is 2.75 bits per heavy atom. The summed E-state index contributed by atoms with van der Waals surface area (Å²) in [5.74, 6) is -0.439. The van der Waals surface area contributed by atoms with Crippen LogP contribution in [0, 0.1) is 0 Å². The molecule has 6 nitrogen and oxygen atoms in total. The van der Waals surface area contributed by atoms with Crippen LogP contribution in [0.15, 0.2) is 0 Å². The van der Waals surface area contributed by atoms with Crippen LogP contribution >= 0.6 is 0 Å². The molecule has 16 heavy (non-hydrogen) atoms. The molecule has 0 aliphatic carbocycles. The number of hydrogen-bond donors (Lipinski definition) is 2. The minimum absolute atomic E-state index is 0.0124. The van der Waals surface area contributed by atoms with E-state index in [1.807, 2.05) is 0 Å². The van der Waals surface area contributed by atoms with Gasteiger partial charge in [-0.2, -0.15) is 0 Å². The fourth-order valence-electron chi connectivity index (χ4n) is 1.43. The Balaban J connectivity index is 2.27. The number of rotatable bonds is 4. The maximum Gasteiger partial charge on any atom is 0.221 e. The summed E-state index contributed by atoms with van der Waals surface area (Å²) in [6.45, 7) is 0.420. The third-order valence-electron chi connectivity index (χ3n) is 2.33. The van der Waals surface area contributed by atoms with Crippen molar-refractivity contribution in [2.45, 2.75) is 25.3 Å². The Kier molecular flexibility index (Phi) is 4.28.